The summed E-state index contributed by atoms with van der Waals surface area (Å²) in [4.78, 5) is 25.6. The van der Waals surface area contributed by atoms with E-state index in [1.807, 2.05) is 48.5 Å². The molecule has 0 aromatic heterocycles. The highest BCUT2D eigenvalue weighted by atomic mass is 16.6. The van der Waals surface area contributed by atoms with Gasteiger partial charge in [-0.15, -0.1) is 0 Å². The predicted molar refractivity (Wildman–Crippen MR) is 119 cm³/mol. The Morgan fingerprint density at radius 2 is 1.68 bits per heavy atom. The molecule has 0 atom stereocenters. The number of ether oxygens (including phenoxy) is 1. The Bertz CT molecular complexity index is 1190. The topological polar surface area (TPSA) is 72.7 Å². The van der Waals surface area contributed by atoms with Gasteiger partial charge in [-0.1, -0.05) is 50.2 Å². The fraction of sp³-hybridized carbons (Fsp3) is 0.160. The van der Waals surface area contributed by atoms with Crippen molar-refractivity contribution in [3.8, 4) is 0 Å². The fourth-order valence-corrected chi connectivity index (χ4v) is 4.04. The maximum atomic E-state index is 12.7. The third-order valence-corrected chi connectivity index (χ3v) is 5.63. The van der Waals surface area contributed by atoms with Gasteiger partial charge >= 0.3 is 0 Å². The number of anilines is 2. The second-order valence-corrected chi connectivity index (χ2v) is 7.86. The molecule has 0 radical (unpaired) electrons. The third kappa shape index (κ3) is 3.46. The quantitative estimate of drug-likeness (QED) is 0.391. The second kappa shape index (κ2) is 7.72. The summed E-state index contributed by atoms with van der Waals surface area (Å²) in [7, 11) is 1.33. The number of para-hydroxylation sites is 2. The van der Waals surface area contributed by atoms with Crippen molar-refractivity contribution in [2.24, 2.45) is 0 Å². The monoisotopic (exact) mass is 414 g/mol. The number of rotatable bonds is 4. The van der Waals surface area contributed by atoms with Crippen LogP contribution in [-0.2, 0) is 14.9 Å². The number of carbonyl (C=O) groups excluding carboxylic acids is 1. The van der Waals surface area contributed by atoms with Gasteiger partial charge in [-0.25, -0.2) is 0 Å². The summed E-state index contributed by atoms with van der Waals surface area (Å²) in [5.74, 6) is -0.433. The van der Waals surface area contributed by atoms with Gasteiger partial charge in [0.2, 0.25) is 5.78 Å². The Morgan fingerprint density at radius 1 is 1.00 bits per heavy atom. The van der Waals surface area contributed by atoms with Crippen LogP contribution in [0.5, 0.6) is 0 Å². The number of hydrogen-bond donors (Lipinski definition) is 0. The highest BCUT2D eigenvalue weighted by Gasteiger charge is 2.40. The summed E-state index contributed by atoms with van der Waals surface area (Å²) in [6.45, 7) is 4.25. The minimum Gasteiger partial charge on any atom is -0.492 e. The maximum absolute atomic E-state index is 12.7. The first-order valence-electron chi connectivity index (χ1n) is 9.88. The molecule has 1 aliphatic carbocycles. The van der Waals surface area contributed by atoms with E-state index in [1.165, 1.54) is 13.2 Å². The normalized spacial score (nSPS) is 19.8. The molecule has 1 aliphatic heterocycles. The molecule has 2 aromatic rings. The summed E-state index contributed by atoms with van der Waals surface area (Å²) in [5.41, 5.74) is 3.88. The smallest absolute Gasteiger partial charge is 0.274 e. The molecule has 31 heavy (non-hydrogen) atoms. The zero-order valence-electron chi connectivity index (χ0n) is 17.5. The zero-order chi connectivity index (χ0) is 22.2. The third-order valence-electron chi connectivity index (χ3n) is 5.63. The maximum Gasteiger partial charge on any atom is 0.274 e. The SMILES string of the molecule is COC1=CC([N+](=O)[O-])=C/C(=C\C=C2\N(c3ccccc3)c3ccccc3C2(C)C)C1=O. The van der Waals surface area contributed by atoms with Crippen LogP contribution in [0.1, 0.15) is 19.4 Å². The van der Waals surface area contributed by atoms with Gasteiger partial charge in [-0.2, -0.15) is 0 Å². The van der Waals surface area contributed by atoms with Crippen LogP contribution in [0, 0.1) is 10.1 Å². The molecule has 0 amide bonds. The first kappa shape index (κ1) is 20.3. The summed E-state index contributed by atoms with van der Waals surface area (Å²) < 4.78 is 5.06. The van der Waals surface area contributed by atoms with E-state index in [2.05, 4.69) is 30.9 Å². The Hall–Kier alpha value is -3.93. The molecule has 0 bridgehead atoms. The number of fused-ring (bicyclic) bond motifs is 1. The van der Waals surface area contributed by atoms with E-state index < -0.39 is 4.92 Å². The number of nitro groups is 1. The number of Topliss-reactive ketones (excluding diaryl/α,β-unsaturated/α-hetero) is 1. The van der Waals surface area contributed by atoms with Crippen LogP contribution in [-0.4, -0.2) is 17.8 Å². The van der Waals surface area contributed by atoms with Crippen molar-refractivity contribution in [3.63, 3.8) is 0 Å². The number of hydrogen-bond acceptors (Lipinski definition) is 5. The molecule has 0 saturated carbocycles. The first-order valence-corrected chi connectivity index (χ1v) is 9.88. The van der Waals surface area contributed by atoms with E-state index in [0.717, 1.165) is 28.7 Å². The van der Waals surface area contributed by atoms with Crippen molar-refractivity contribution in [1.82, 2.24) is 0 Å². The van der Waals surface area contributed by atoms with Crippen LogP contribution >= 0.6 is 0 Å². The van der Waals surface area contributed by atoms with Crippen LogP contribution in [0.3, 0.4) is 0 Å². The molecule has 6 nitrogen and oxygen atoms in total. The molecule has 0 N–H and O–H groups in total. The minimum absolute atomic E-state index is 0.0484. The number of ketones is 1. The molecule has 4 rings (SSSR count). The van der Waals surface area contributed by atoms with Crippen LogP contribution in [0.25, 0.3) is 0 Å². The number of nitrogens with zero attached hydrogens (tertiary/aromatic N) is 2. The number of methoxy groups -OCH3 is 1. The Balaban J connectivity index is 1.86. The summed E-state index contributed by atoms with van der Waals surface area (Å²) in [6.07, 6.45) is 5.94. The Labute approximate surface area is 180 Å². The van der Waals surface area contributed by atoms with E-state index in [1.54, 1.807) is 6.08 Å². The fourth-order valence-electron chi connectivity index (χ4n) is 4.04. The minimum atomic E-state index is -0.530. The molecule has 0 fully saturated rings. The van der Waals surface area contributed by atoms with Gasteiger partial charge in [0.15, 0.2) is 5.76 Å². The molecule has 2 aromatic carbocycles. The van der Waals surface area contributed by atoms with E-state index in [9.17, 15) is 14.9 Å². The van der Waals surface area contributed by atoms with Gasteiger partial charge in [0, 0.05) is 34.1 Å². The van der Waals surface area contributed by atoms with E-state index >= 15 is 0 Å². The van der Waals surface area contributed by atoms with Crippen molar-refractivity contribution >= 4 is 17.2 Å². The summed E-state index contributed by atoms with van der Waals surface area (Å²) in [5, 5.41) is 11.3. The molecule has 0 unspecified atom stereocenters. The van der Waals surface area contributed by atoms with Crippen LogP contribution < -0.4 is 4.90 Å². The second-order valence-electron chi connectivity index (χ2n) is 7.86. The lowest BCUT2D eigenvalue weighted by Gasteiger charge is -2.27. The molecule has 2 aliphatic rings. The van der Waals surface area contributed by atoms with Crippen molar-refractivity contribution in [1.29, 1.82) is 0 Å². The molecule has 6 heteroatoms. The van der Waals surface area contributed by atoms with Crippen molar-refractivity contribution in [3.05, 3.63) is 117 Å². The lowest BCUT2D eigenvalue weighted by atomic mass is 9.83. The van der Waals surface area contributed by atoms with Gasteiger partial charge < -0.3 is 9.64 Å². The van der Waals surface area contributed by atoms with E-state index in [0.29, 0.717) is 0 Å². The molecule has 0 spiro atoms. The summed E-state index contributed by atoms with van der Waals surface area (Å²) in [6, 6.07) is 18.2. The molecule has 1 heterocycles. The first-order chi connectivity index (χ1) is 14.8. The lowest BCUT2D eigenvalue weighted by molar-refractivity contribution is -0.419. The number of allylic oxidation sites excluding steroid dienone is 6. The Morgan fingerprint density at radius 3 is 2.35 bits per heavy atom. The number of carbonyl (C=O) groups is 1. The average Bonchev–Trinajstić information content (AvgIpc) is 3.00. The van der Waals surface area contributed by atoms with Crippen molar-refractivity contribution < 1.29 is 14.5 Å². The lowest BCUT2D eigenvalue weighted by Crippen LogP contribution is -2.22. The molecular weight excluding hydrogens is 392 g/mol. The largest absolute Gasteiger partial charge is 0.492 e. The van der Waals surface area contributed by atoms with Gasteiger partial charge in [-0.3, -0.25) is 14.9 Å². The Kier molecular flexibility index (Phi) is 5.07. The molecule has 156 valence electrons. The van der Waals surface area contributed by atoms with Gasteiger partial charge in [0.25, 0.3) is 5.70 Å². The van der Waals surface area contributed by atoms with Crippen LogP contribution in [0.2, 0.25) is 0 Å². The number of benzene rings is 2. The standard InChI is InChI=1S/C25H22N2O4/c1-25(2)20-11-7-8-12-21(20)26(18-9-5-4-6-10-18)23(25)14-13-17-15-19(27(29)30)16-22(31-3)24(17)28/h4-16H,1-3H3/b17-13+,23-14+. The van der Waals surface area contributed by atoms with E-state index in [4.69, 9.17) is 4.74 Å². The average molecular weight is 414 g/mol. The van der Waals surface area contributed by atoms with Crippen molar-refractivity contribution in [2.45, 2.75) is 19.3 Å². The van der Waals surface area contributed by atoms with Gasteiger partial charge in [0.1, 0.15) is 0 Å². The zero-order valence-corrected chi connectivity index (χ0v) is 17.5. The van der Waals surface area contributed by atoms with Crippen LogP contribution in [0.4, 0.5) is 11.4 Å². The highest BCUT2D eigenvalue weighted by molar-refractivity contribution is 6.10. The van der Waals surface area contributed by atoms with Crippen LogP contribution in [0.15, 0.2) is 102 Å². The molecular formula is C25H22N2O4. The highest BCUT2D eigenvalue weighted by Crippen LogP contribution is 2.51. The molecule has 0 saturated heterocycles. The van der Waals surface area contributed by atoms with Crippen molar-refractivity contribution in [2.75, 3.05) is 12.0 Å². The van der Waals surface area contributed by atoms with Gasteiger partial charge in [-0.05, 0) is 35.9 Å². The predicted octanol–water partition coefficient (Wildman–Crippen LogP) is 5.20. The van der Waals surface area contributed by atoms with E-state index in [-0.39, 0.29) is 28.2 Å². The van der Waals surface area contributed by atoms with Gasteiger partial charge in [0.05, 0.1) is 18.1 Å². The summed E-state index contributed by atoms with van der Waals surface area (Å²) >= 11 is 0.